The number of rotatable bonds is 5. The van der Waals surface area contributed by atoms with E-state index >= 15 is 0 Å². The molecule has 5 atom stereocenters. The monoisotopic (exact) mass is 350 g/mol. The molecule has 0 aromatic heterocycles. The number of halogens is 1. The smallest absolute Gasteiger partial charge is 0.303 e. The van der Waals surface area contributed by atoms with Gasteiger partial charge in [0.05, 0.1) is 0 Å². The summed E-state index contributed by atoms with van der Waals surface area (Å²) in [6.45, 7) is 3.85. The van der Waals surface area contributed by atoms with E-state index in [2.05, 4.69) is 0 Å². The minimum Gasteiger partial charge on any atom is -0.463 e. The van der Waals surface area contributed by atoms with Crippen LogP contribution in [-0.2, 0) is 42.9 Å². The minimum atomic E-state index is -2.18. The number of hydrogen-bond donors (Lipinski definition) is 0. The van der Waals surface area contributed by atoms with Crippen LogP contribution in [0.2, 0.25) is 0 Å². The van der Waals surface area contributed by atoms with Gasteiger partial charge in [-0.1, -0.05) is 0 Å². The molecule has 1 saturated heterocycles. The number of alkyl halides is 1. The molecule has 1 rings (SSSR count). The Bertz CT molecular complexity index is 506. The first-order valence-electron chi connectivity index (χ1n) is 7.06. The van der Waals surface area contributed by atoms with Gasteiger partial charge in [-0.2, -0.15) is 0 Å². The second kappa shape index (κ2) is 8.57. The fraction of sp³-hybridized carbons (Fsp3) is 0.714. The van der Waals surface area contributed by atoms with Crippen LogP contribution >= 0.6 is 0 Å². The Hall–Kier alpha value is -2.23. The van der Waals surface area contributed by atoms with Gasteiger partial charge in [-0.3, -0.25) is 19.2 Å². The largest absolute Gasteiger partial charge is 0.463 e. The lowest BCUT2D eigenvalue weighted by Gasteiger charge is -2.41. The highest BCUT2D eigenvalue weighted by Gasteiger charge is 2.52. The summed E-state index contributed by atoms with van der Waals surface area (Å²) in [5, 5.41) is 0. The molecular formula is C14H19FO9. The fourth-order valence-electron chi connectivity index (χ4n) is 2.18. The van der Waals surface area contributed by atoms with Crippen LogP contribution in [0.3, 0.4) is 0 Å². The molecule has 0 radical (unpaired) electrons. The number of hydrogen-bond acceptors (Lipinski definition) is 9. The van der Waals surface area contributed by atoms with Gasteiger partial charge in [-0.25, -0.2) is 4.39 Å². The lowest BCUT2D eigenvalue weighted by Crippen LogP contribution is -2.61. The van der Waals surface area contributed by atoms with Crippen molar-refractivity contribution in [1.82, 2.24) is 0 Å². The maximum absolute atomic E-state index is 14.2. The Morgan fingerprint density at radius 2 is 1.25 bits per heavy atom. The van der Waals surface area contributed by atoms with Crippen LogP contribution in [0.15, 0.2) is 0 Å². The molecule has 1 aliphatic heterocycles. The predicted molar refractivity (Wildman–Crippen MR) is 73.1 cm³/mol. The standard InChI is InChI=1S/C14H19FO9/c1-6(16)20-5-10-11(21-7(2)17)12(22-8(3)18)13(14(15)24-10)23-9(4)19/h10-14H,5H2,1-4H3/t10-,11+,12-,13+,14-/m0/s1. The van der Waals surface area contributed by atoms with Gasteiger partial charge in [0.15, 0.2) is 18.3 Å². The second-order valence-corrected chi connectivity index (χ2v) is 5.05. The lowest BCUT2D eigenvalue weighted by atomic mass is 9.98. The molecule has 0 N–H and O–H groups in total. The first kappa shape index (κ1) is 19.8. The van der Waals surface area contributed by atoms with Gasteiger partial charge in [0, 0.05) is 27.7 Å². The van der Waals surface area contributed by atoms with Crippen LogP contribution in [0.25, 0.3) is 0 Å². The molecule has 24 heavy (non-hydrogen) atoms. The molecule has 0 spiro atoms. The van der Waals surface area contributed by atoms with Gasteiger partial charge in [-0.05, 0) is 0 Å². The SMILES string of the molecule is CC(=O)OC[C@@H]1O[C@H](F)[C@H](OC(C)=O)[C@@H](OC(C)=O)[C@@H]1OC(C)=O. The number of carbonyl (C=O) groups is 4. The zero-order valence-corrected chi connectivity index (χ0v) is 13.6. The summed E-state index contributed by atoms with van der Waals surface area (Å²) in [5.41, 5.74) is 0. The van der Waals surface area contributed by atoms with E-state index in [9.17, 15) is 23.6 Å². The molecule has 1 aliphatic rings. The summed E-state index contributed by atoms with van der Waals surface area (Å²) in [4.78, 5) is 44.7. The molecular weight excluding hydrogens is 331 g/mol. The normalized spacial score (nSPS) is 29.3. The van der Waals surface area contributed by atoms with Gasteiger partial charge in [0.25, 0.3) is 0 Å². The van der Waals surface area contributed by atoms with Gasteiger partial charge in [0.2, 0.25) is 6.36 Å². The molecule has 136 valence electrons. The first-order chi connectivity index (χ1) is 11.1. The summed E-state index contributed by atoms with van der Waals surface area (Å²) in [5.74, 6) is -3.09. The average Bonchev–Trinajstić information content (AvgIpc) is 2.42. The van der Waals surface area contributed by atoms with Gasteiger partial charge in [-0.15, -0.1) is 0 Å². The van der Waals surface area contributed by atoms with Gasteiger partial charge >= 0.3 is 23.9 Å². The summed E-state index contributed by atoms with van der Waals surface area (Å²) >= 11 is 0. The molecule has 0 bridgehead atoms. The summed E-state index contributed by atoms with van der Waals surface area (Å²) < 4.78 is 38.7. The zero-order valence-electron chi connectivity index (χ0n) is 13.6. The molecule has 0 unspecified atom stereocenters. The van der Waals surface area contributed by atoms with E-state index in [1.54, 1.807) is 0 Å². The van der Waals surface area contributed by atoms with E-state index in [4.69, 9.17) is 23.7 Å². The third-order valence-corrected chi connectivity index (χ3v) is 2.93. The molecule has 0 aliphatic carbocycles. The molecule has 0 amide bonds. The maximum atomic E-state index is 14.2. The molecule has 0 aromatic rings. The highest BCUT2D eigenvalue weighted by atomic mass is 19.1. The first-order valence-corrected chi connectivity index (χ1v) is 7.06. The van der Waals surface area contributed by atoms with E-state index in [1.165, 1.54) is 0 Å². The Morgan fingerprint density at radius 1 is 0.792 bits per heavy atom. The molecule has 0 saturated carbocycles. The van der Waals surface area contributed by atoms with Gasteiger partial charge < -0.3 is 23.7 Å². The van der Waals surface area contributed by atoms with E-state index < -0.39 is 61.3 Å². The van der Waals surface area contributed by atoms with Crippen molar-refractivity contribution in [2.45, 2.75) is 58.5 Å². The van der Waals surface area contributed by atoms with Crippen molar-refractivity contribution in [1.29, 1.82) is 0 Å². The van der Waals surface area contributed by atoms with Crippen LogP contribution in [-0.4, -0.2) is 61.3 Å². The van der Waals surface area contributed by atoms with E-state index in [1.807, 2.05) is 0 Å². The summed E-state index contributed by atoms with van der Waals surface area (Å²) in [6, 6.07) is 0. The Labute approximate surface area is 137 Å². The van der Waals surface area contributed by atoms with Crippen molar-refractivity contribution in [3.63, 3.8) is 0 Å². The third kappa shape index (κ3) is 5.76. The third-order valence-electron chi connectivity index (χ3n) is 2.93. The van der Waals surface area contributed by atoms with Crippen molar-refractivity contribution in [2.75, 3.05) is 6.61 Å². The van der Waals surface area contributed by atoms with E-state index in [0.29, 0.717) is 0 Å². The Morgan fingerprint density at radius 3 is 1.71 bits per heavy atom. The second-order valence-electron chi connectivity index (χ2n) is 5.05. The summed E-state index contributed by atoms with van der Waals surface area (Å²) in [6.07, 6.45) is -7.85. The number of carbonyl (C=O) groups excluding carboxylic acids is 4. The van der Waals surface area contributed by atoms with Crippen molar-refractivity contribution in [2.24, 2.45) is 0 Å². The molecule has 1 fully saturated rings. The quantitative estimate of drug-likeness (QED) is 0.500. The number of ether oxygens (including phenoxy) is 5. The predicted octanol–water partition coefficient (Wildman–Crippen LogP) is 0.0390. The van der Waals surface area contributed by atoms with E-state index in [-0.39, 0.29) is 0 Å². The number of esters is 4. The topological polar surface area (TPSA) is 114 Å². The van der Waals surface area contributed by atoms with Crippen LogP contribution < -0.4 is 0 Å². The Kier molecular flexibility index (Phi) is 7.08. The average molecular weight is 350 g/mol. The van der Waals surface area contributed by atoms with Crippen LogP contribution in [0, 0.1) is 0 Å². The molecule has 1 heterocycles. The van der Waals surface area contributed by atoms with Gasteiger partial charge in [0.1, 0.15) is 12.7 Å². The van der Waals surface area contributed by atoms with Crippen LogP contribution in [0.1, 0.15) is 27.7 Å². The highest BCUT2D eigenvalue weighted by Crippen LogP contribution is 2.29. The summed E-state index contributed by atoms with van der Waals surface area (Å²) in [7, 11) is 0. The fourth-order valence-corrected chi connectivity index (χ4v) is 2.18. The molecule has 0 aromatic carbocycles. The van der Waals surface area contributed by atoms with E-state index in [0.717, 1.165) is 27.7 Å². The van der Waals surface area contributed by atoms with Crippen molar-refractivity contribution in [3.05, 3.63) is 0 Å². The minimum absolute atomic E-state index is 0.446. The van der Waals surface area contributed by atoms with Crippen molar-refractivity contribution >= 4 is 23.9 Å². The lowest BCUT2D eigenvalue weighted by molar-refractivity contribution is -0.277. The molecule has 10 heteroatoms. The van der Waals surface area contributed by atoms with Crippen LogP contribution in [0.4, 0.5) is 4.39 Å². The highest BCUT2D eigenvalue weighted by molar-refractivity contribution is 5.68. The molecule has 9 nitrogen and oxygen atoms in total. The van der Waals surface area contributed by atoms with Crippen molar-refractivity contribution < 1.29 is 47.3 Å². The zero-order chi connectivity index (χ0) is 18.4. The van der Waals surface area contributed by atoms with Crippen molar-refractivity contribution in [3.8, 4) is 0 Å². The van der Waals surface area contributed by atoms with Crippen LogP contribution in [0.5, 0.6) is 0 Å². The Balaban J connectivity index is 3.11. The maximum Gasteiger partial charge on any atom is 0.303 e.